The summed E-state index contributed by atoms with van der Waals surface area (Å²) >= 11 is 0. The molecular weight excluding hydrogens is 389 g/mol. The van der Waals surface area contributed by atoms with Gasteiger partial charge < -0.3 is 14.8 Å². The van der Waals surface area contributed by atoms with Crippen molar-refractivity contribution >= 4 is 5.69 Å². The molecule has 0 saturated carbocycles. The molecule has 0 heterocycles. The standard InChI is InChI=1S/C27H30FNO2/c1-5-8-23-14-22(17-29-25-12-11-19(3)20(4)13-25)16-26(30-6-2)27(23)31-18-21-9-7-10-24(28)15-21/h5,7,9-16,29H,1,6,8,17-18H2,2-4H3. The Balaban J connectivity index is 1.83. The lowest BCUT2D eigenvalue weighted by molar-refractivity contribution is 0.266. The van der Waals surface area contributed by atoms with Crippen molar-refractivity contribution in [3.8, 4) is 11.5 Å². The van der Waals surface area contributed by atoms with Crippen LogP contribution in [-0.4, -0.2) is 6.61 Å². The van der Waals surface area contributed by atoms with Crippen molar-refractivity contribution < 1.29 is 13.9 Å². The first-order valence-electron chi connectivity index (χ1n) is 10.6. The highest BCUT2D eigenvalue weighted by Crippen LogP contribution is 2.35. The summed E-state index contributed by atoms with van der Waals surface area (Å²) in [6, 6.07) is 16.9. The van der Waals surface area contributed by atoms with Crippen molar-refractivity contribution in [3.05, 3.63) is 101 Å². The van der Waals surface area contributed by atoms with Gasteiger partial charge in [-0.05, 0) is 85.8 Å². The van der Waals surface area contributed by atoms with Crippen LogP contribution in [0.5, 0.6) is 11.5 Å². The number of rotatable bonds is 10. The summed E-state index contributed by atoms with van der Waals surface area (Å²) in [7, 11) is 0. The third kappa shape index (κ3) is 6.11. The van der Waals surface area contributed by atoms with Crippen LogP contribution in [0.1, 0.15) is 34.7 Å². The van der Waals surface area contributed by atoms with E-state index in [1.807, 2.05) is 25.1 Å². The lowest BCUT2D eigenvalue weighted by Gasteiger charge is -2.18. The van der Waals surface area contributed by atoms with Gasteiger partial charge in [0.1, 0.15) is 12.4 Å². The van der Waals surface area contributed by atoms with Gasteiger partial charge in [-0.1, -0.05) is 24.3 Å². The predicted octanol–water partition coefficient (Wildman–Crippen LogP) is 6.76. The Bertz CT molecular complexity index is 1050. The highest BCUT2D eigenvalue weighted by Gasteiger charge is 2.14. The predicted molar refractivity (Wildman–Crippen MR) is 125 cm³/mol. The zero-order valence-electron chi connectivity index (χ0n) is 18.5. The average Bonchev–Trinajstić information content (AvgIpc) is 2.74. The van der Waals surface area contributed by atoms with E-state index in [1.165, 1.54) is 23.3 Å². The fourth-order valence-electron chi connectivity index (χ4n) is 3.40. The molecule has 0 aromatic heterocycles. The molecule has 0 aliphatic rings. The Morgan fingerprint density at radius 3 is 2.52 bits per heavy atom. The van der Waals surface area contributed by atoms with Crippen LogP contribution >= 0.6 is 0 Å². The minimum absolute atomic E-state index is 0.266. The lowest BCUT2D eigenvalue weighted by atomic mass is 10.0. The Labute approximate surface area is 184 Å². The number of anilines is 1. The van der Waals surface area contributed by atoms with Crippen molar-refractivity contribution in [1.82, 2.24) is 0 Å². The minimum Gasteiger partial charge on any atom is -0.490 e. The Morgan fingerprint density at radius 2 is 1.81 bits per heavy atom. The minimum atomic E-state index is -0.273. The molecule has 0 amide bonds. The van der Waals surface area contributed by atoms with E-state index in [9.17, 15) is 4.39 Å². The van der Waals surface area contributed by atoms with E-state index in [0.29, 0.717) is 31.1 Å². The van der Waals surface area contributed by atoms with Gasteiger partial charge in [-0.25, -0.2) is 4.39 Å². The molecule has 3 rings (SSSR count). The quantitative estimate of drug-likeness (QED) is 0.368. The largest absolute Gasteiger partial charge is 0.490 e. The zero-order valence-corrected chi connectivity index (χ0v) is 18.5. The summed E-state index contributed by atoms with van der Waals surface area (Å²) < 4.78 is 25.5. The molecule has 1 N–H and O–H groups in total. The average molecular weight is 420 g/mol. The fourth-order valence-corrected chi connectivity index (χ4v) is 3.40. The van der Waals surface area contributed by atoms with Crippen molar-refractivity contribution in [2.45, 2.75) is 40.3 Å². The monoisotopic (exact) mass is 419 g/mol. The fraction of sp³-hybridized carbons (Fsp3) is 0.259. The SMILES string of the molecule is C=CCc1cc(CNc2ccc(C)c(C)c2)cc(OCC)c1OCc1cccc(F)c1. The second-order valence-corrected chi connectivity index (χ2v) is 7.58. The zero-order chi connectivity index (χ0) is 22.2. The Morgan fingerprint density at radius 1 is 0.968 bits per heavy atom. The van der Waals surface area contributed by atoms with Crippen molar-refractivity contribution in [1.29, 1.82) is 0 Å². The lowest BCUT2D eigenvalue weighted by Crippen LogP contribution is -2.06. The van der Waals surface area contributed by atoms with Crippen LogP contribution in [0.2, 0.25) is 0 Å². The van der Waals surface area contributed by atoms with Gasteiger partial charge in [-0.15, -0.1) is 6.58 Å². The number of hydrogen-bond donors (Lipinski definition) is 1. The van der Waals surface area contributed by atoms with Crippen molar-refractivity contribution in [2.24, 2.45) is 0 Å². The molecule has 0 atom stereocenters. The molecule has 3 aromatic carbocycles. The van der Waals surface area contributed by atoms with Crippen LogP contribution in [0, 0.1) is 19.7 Å². The smallest absolute Gasteiger partial charge is 0.165 e. The molecule has 3 nitrogen and oxygen atoms in total. The molecule has 0 saturated heterocycles. The number of hydrogen-bond acceptors (Lipinski definition) is 3. The first-order chi connectivity index (χ1) is 15.0. The number of aryl methyl sites for hydroxylation is 2. The molecule has 0 radical (unpaired) electrons. The van der Waals surface area contributed by atoms with Gasteiger partial charge in [0.2, 0.25) is 0 Å². The highest BCUT2D eigenvalue weighted by atomic mass is 19.1. The van der Waals surface area contributed by atoms with Crippen LogP contribution in [0.4, 0.5) is 10.1 Å². The van der Waals surface area contributed by atoms with Crippen molar-refractivity contribution in [2.75, 3.05) is 11.9 Å². The first-order valence-corrected chi connectivity index (χ1v) is 10.6. The van der Waals surface area contributed by atoms with E-state index in [2.05, 4.69) is 50.0 Å². The number of ether oxygens (including phenoxy) is 2. The van der Waals surface area contributed by atoms with E-state index < -0.39 is 0 Å². The molecule has 0 spiro atoms. The third-order valence-electron chi connectivity index (χ3n) is 5.13. The van der Waals surface area contributed by atoms with E-state index in [1.54, 1.807) is 6.07 Å². The number of benzene rings is 3. The maximum Gasteiger partial charge on any atom is 0.165 e. The molecule has 0 aliphatic heterocycles. The number of allylic oxidation sites excluding steroid dienone is 1. The topological polar surface area (TPSA) is 30.5 Å². The molecule has 3 aromatic rings. The van der Waals surface area contributed by atoms with E-state index in [0.717, 1.165) is 22.4 Å². The van der Waals surface area contributed by atoms with Crippen LogP contribution < -0.4 is 14.8 Å². The van der Waals surface area contributed by atoms with Crippen LogP contribution in [0.25, 0.3) is 0 Å². The molecular formula is C27H30FNO2. The maximum absolute atomic E-state index is 13.5. The normalized spacial score (nSPS) is 10.6. The van der Waals surface area contributed by atoms with Crippen LogP contribution in [0.3, 0.4) is 0 Å². The summed E-state index contributed by atoms with van der Waals surface area (Å²) in [6.45, 7) is 11.5. The summed E-state index contributed by atoms with van der Waals surface area (Å²) in [5, 5.41) is 3.49. The number of halogens is 1. The van der Waals surface area contributed by atoms with Gasteiger partial charge in [0.25, 0.3) is 0 Å². The molecule has 0 bridgehead atoms. The Hall–Kier alpha value is -3.27. The van der Waals surface area contributed by atoms with Crippen LogP contribution in [0.15, 0.2) is 67.3 Å². The van der Waals surface area contributed by atoms with Gasteiger partial charge in [0.05, 0.1) is 6.61 Å². The van der Waals surface area contributed by atoms with Gasteiger partial charge in [0, 0.05) is 17.8 Å². The molecule has 0 unspecified atom stereocenters. The van der Waals surface area contributed by atoms with Gasteiger partial charge >= 0.3 is 0 Å². The van der Waals surface area contributed by atoms with E-state index in [-0.39, 0.29) is 12.4 Å². The highest BCUT2D eigenvalue weighted by molar-refractivity contribution is 5.53. The van der Waals surface area contributed by atoms with Gasteiger partial charge in [0.15, 0.2) is 11.5 Å². The maximum atomic E-state index is 13.5. The van der Waals surface area contributed by atoms with E-state index in [4.69, 9.17) is 9.47 Å². The number of nitrogens with one attached hydrogen (secondary N) is 1. The van der Waals surface area contributed by atoms with Crippen molar-refractivity contribution in [3.63, 3.8) is 0 Å². The van der Waals surface area contributed by atoms with Gasteiger partial charge in [-0.3, -0.25) is 0 Å². The Kier molecular flexibility index (Phi) is 7.71. The second-order valence-electron chi connectivity index (χ2n) is 7.58. The molecule has 0 fully saturated rings. The summed E-state index contributed by atoms with van der Waals surface area (Å²) in [6.07, 6.45) is 2.50. The summed E-state index contributed by atoms with van der Waals surface area (Å²) in [5.74, 6) is 1.10. The molecule has 31 heavy (non-hydrogen) atoms. The van der Waals surface area contributed by atoms with E-state index >= 15 is 0 Å². The summed E-state index contributed by atoms with van der Waals surface area (Å²) in [5.41, 5.74) is 6.47. The first kappa shape index (κ1) is 22.4. The second kappa shape index (κ2) is 10.7. The molecule has 162 valence electrons. The molecule has 4 heteroatoms. The van der Waals surface area contributed by atoms with Gasteiger partial charge in [-0.2, -0.15) is 0 Å². The third-order valence-corrected chi connectivity index (χ3v) is 5.13. The van der Waals surface area contributed by atoms with Crippen LogP contribution in [-0.2, 0) is 19.6 Å². The molecule has 0 aliphatic carbocycles. The summed E-state index contributed by atoms with van der Waals surface area (Å²) in [4.78, 5) is 0.